The molecular weight excluding hydrogens is 394 g/mol. The van der Waals surface area contributed by atoms with Crippen LogP contribution in [0.2, 0.25) is 0 Å². The van der Waals surface area contributed by atoms with Crippen LogP contribution < -0.4 is 14.4 Å². The van der Waals surface area contributed by atoms with Crippen molar-refractivity contribution in [1.82, 2.24) is 9.88 Å². The maximum atomic E-state index is 5.58. The van der Waals surface area contributed by atoms with E-state index in [2.05, 4.69) is 47.2 Å². The summed E-state index contributed by atoms with van der Waals surface area (Å²) in [5.41, 5.74) is 6.21. The SMILES string of the molecule is COc1cccc(-c2nc(CN3CCN(c4cccc(C)c4C)CC3)cs2)c1OC. The first-order valence-corrected chi connectivity index (χ1v) is 11.2. The van der Waals surface area contributed by atoms with Crippen LogP contribution in [0.4, 0.5) is 5.69 Å². The highest BCUT2D eigenvalue weighted by Crippen LogP contribution is 2.39. The predicted octanol–water partition coefficient (Wildman–Crippen LogP) is 4.77. The first kappa shape index (κ1) is 20.7. The fraction of sp³-hybridized carbons (Fsp3) is 0.375. The molecule has 3 aromatic rings. The average molecular weight is 424 g/mol. The van der Waals surface area contributed by atoms with Gasteiger partial charge in [-0.3, -0.25) is 4.90 Å². The number of thiazole rings is 1. The van der Waals surface area contributed by atoms with Gasteiger partial charge in [-0.2, -0.15) is 0 Å². The van der Waals surface area contributed by atoms with Crippen LogP contribution in [0.3, 0.4) is 0 Å². The van der Waals surface area contributed by atoms with Crippen molar-refractivity contribution in [2.75, 3.05) is 45.3 Å². The molecule has 0 N–H and O–H groups in total. The molecular formula is C24H29N3O2S. The van der Waals surface area contributed by atoms with Crippen LogP contribution in [0.15, 0.2) is 41.8 Å². The Bertz CT molecular complexity index is 1010. The number of benzene rings is 2. The highest BCUT2D eigenvalue weighted by atomic mass is 32.1. The molecule has 30 heavy (non-hydrogen) atoms. The number of anilines is 1. The molecule has 1 fully saturated rings. The second-order valence-corrected chi connectivity index (χ2v) is 8.53. The van der Waals surface area contributed by atoms with E-state index in [4.69, 9.17) is 14.5 Å². The Balaban J connectivity index is 1.42. The molecule has 0 spiro atoms. The van der Waals surface area contributed by atoms with E-state index in [0.717, 1.165) is 60.5 Å². The molecule has 2 aromatic carbocycles. The molecule has 1 aliphatic heterocycles. The number of aromatic nitrogens is 1. The zero-order valence-electron chi connectivity index (χ0n) is 18.1. The van der Waals surface area contributed by atoms with E-state index in [1.54, 1.807) is 25.6 Å². The summed E-state index contributed by atoms with van der Waals surface area (Å²) in [5.74, 6) is 1.47. The third-order valence-corrected chi connectivity index (χ3v) is 6.78. The van der Waals surface area contributed by atoms with Crippen molar-refractivity contribution in [2.24, 2.45) is 0 Å². The van der Waals surface area contributed by atoms with Crippen LogP contribution in [0, 0.1) is 13.8 Å². The van der Waals surface area contributed by atoms with Gasteiger partial charge in [0, 0.05) is 43.8 Å². The van der Waals surface area contributed by atoms with Gasteiger partial charge in [-0.05, 0) is 43.2 Å². The standard InChI is InChI=1S/C24H29N3O2S/c1-17-7-5-9-21(18(17)2)27-13-11-26(12-14-27)15-19-16-30-24(25-19)20-8-6-10-22(28-3)23(20)29-4/h5-10,16H,11-15H2,1-4H3. The van der Waals surface area contributed by atoms with Gasteiger partial charge in [-0.1, -0.05) is 18.2 Å². The van der Waals surface area contributed by atoms with Gasteiger partial charge < -0.3 is 14.4 Å². The third-order valence-electron chi connectivity index (χ3n) is 5.86. The van der Waals surface area contributed by atoms with Crippen LogP contribution in [0.5, 0.6) is 11.5 Å². The lowest BCUT2D eigenvalue weighted by Crippen LogP contribution is -2.46. The average Bonchev–Trinajstić information content (AvgIpc) is 3.24. The monoisotopic (exact) mass is 423 g/mol. The molecule has 5 nitrogen and oxygen atoms in total. The van der Waals surface area contributed by atoms with E-state index in [1.807, 2.05) is 18.2 Å². The van der Waals surface area contributed by atoms with E-state index in [9.17, 15) is 0 Å². The van der Waals surface area contributed by atoms with Gasteiger partial charge in [-0.15, -0.1) is 11.3 Å². The van der Waals surface area contributed by atoms with Crippen LogP contribution in [-0.4, -0.2) is 50.3 Å². The van der Waals surface area contributed by atoms with Crippen molar-refractivity contribution >= 4 is 17.0 Å². The molecule has 1 saturated heterocycles. The number of para-hydroxylation sites is 1. The number of methoxy groups -OCH3 is 2. The second kappa shape index (κ2) is 9.06. The predicted molar refractivity (Wildman–Crippen MR) is 124 cm³/mol. The number of rotatable bonds is 6. The van der Waals surface area contributed by atoms with Gasteiger partial charge in [-0.25, -0.2) is 4.98 Å². The highest BCUT2D eigenvalue weighted by molar-refractivity contribution is 7.13. The van der Waals surface area contributed by atoms with E-state index in [-0.39, 0.29) is 0 Å². The van der Waals surface area contributed by atoms with Crippen molar-refractivity contribution in [1.29, 1.82) is 0 Å². The van der Waals surface area contributed by atoms with Gasteiger partial charge in [0.2, 0.25) is 0 Å². The minimum absolute atomic E-state index is 0.731. The number of aryl methyl sites for hydroxylation is 1. The lowest BCUT2D eigenvalue weighted by Gasteiger charge is -2.36. The summed E-state index contributed by atoms with van der Waals surface area (Å²) in [5, 5.41) is 3.13. The Morgan fingerprint density at radius 2 is 1.73 bits per heavy atom. The summed E-state index contributed by atoms with van der Waals surface area (Å²) in [7, 11) is 3.33. The summed E-state index contributed by atoms with van der Waals surface area (Å²) < 4.78 is 11.0. The summed E-state index contributed by atoms with van der Waals surface area (Å²) in [6, 6.07) is 12.5. The highest BCUT2D eigenvalue weighted by Gasteiger charge is 2.20. The molecule has 0 radical (unpaired) electrons. The number of hydrogen-bond acceptors (Lipinski definition) is 6. The molecule has 0 saturated carbocycles. The molecule has 1 aliphatic rings. The van der Waals surface area contributed by atoms with Crippen molar-refractivity contribution in [3.8, 4) is 22.1 Å². The zero-order valence-corrected chi connectivity index (χ0v) is 19.0. The van der Waals surface area contributed by atoms with Crippen molar-refractivity contribution in [3.05, 3.63) is 58.6 Å². The lowest BCUT2D eigenvalue weighted by atomic mass is 10.1. The van der Waals surface area contributed by atoms with Crippen LogP contribution in [0.25, 0.3) is 10.6 Å². The zero-order chi connectivity index (χ0) is 21.1. The first-order valence-electron chi connectivity index (χ1n) is 10.3. The van der Waals surface area contributed by atoms with E-state index in [0.29, 0.717) is 0 Å². The van der Waals surface area contributed by atoms with Crippen LogP contribution >= 0.6 is 11.3 Å². The third kappa shape index (κ3) is 4.16. The largest absolute Gasteiger partial charge is 0.493 e. The Kier molecular flexibility index (Phi) is 6.25. The van der Waals surface area contributed by atoms with Crippen LogP contribution in [0.1, 0.15) is 16.8 Å². The van der Waals surface area contributed by atoms with E-state index in [1.165, 1.54) is 16.8 Å². The lowest BCUT2D eigenvalue weighted by molar-refractivity contribution is 0.247. The molecule has 0 amide bonds. The molecule has 1 aromatic heterocycles. The Morgan fingerprint density at radius 1 is 0.967 bits per heavy atom. The van der Waals surface area contributed by atoms with Crippen LogP contribution in [-0.2, 0) is 6.54 Å². The van der Waals surface area contributed by atoms with Crippen molar-refractivity contribution in [3.63, 3.8) is 0 Å². The topological polar surface area (TPSA) is 37.8 Å². The minimum atomic E-state index is 0.731. The summed E-state index contributed by atoms with van der Waals surface area (Å²) >= 11 is 1.66. The maximum Gasteiger partial charge on any atom is 0.170 e. The number of nitrogens with zero attached hydrogens (tertiary/aromatic N) is 3. The van der Waals surface area contributed by atoms with E-state index >= 15 is 0 Å². The van der Waals surface area contributed by atoms with E-state index < -0.39 is 0 Å². The maximum absolute atomic E-state index is 5.58. The molecule has 6 heteroatoms. The smallest absolute Gasteiger partial charge is 0.170 e. The van der Waals surface area contributed by atoms with Gasteiger partial charge in [0.1, 0.15) is 5.01 Å². The molecule has 158 valence electrons. The van der Waals surface area contributed by atoms with Crippen molar-refractivity contribution in [2.45, 2.75) is 20.4 Å². The second-order valence-electron chi connectivity index (χ2n) is 7.67. The Morgan fingerprint density at radius 3 is 2.47 bits per heavy atom. The van der Waals surface area contributed by atoms with Gasteiger partial charge in [0.15, 0.2) is 11.5 Å². The Hall–Kier alpha value is -2.57. The Labute approximate surface area is 182 Å². The number of hydrogen-bond donors (Lipinski definition) is 0. The molecule has 0 bridgehead atoms. The molecule has 4 rings (SSSR count). The quantitative estimate of drug-likeness (QED) is 0.571. The molecule has 2 heterocycles. The van der Waals surface area contributed by atoms with Crippen molar-refractivity contribution < 1.29 is 9.47 Å². The normalized spacial score (nSPS) is 14.7. The fourth-order valence-electron chi connectivity index (χ4n) is 4.01. The molecule has 0 unspecified atom stereocenters. The van der Waals surface area contributed by atoms with Gasteiger partial charge in [0.05, 0.1) is 25.5 Å². The first-order chi connectivity index (χ1) is 14.6. The number of piperazine rings is 1. The van der Waals surface area contributed by atoms with Gasteiger partial charge in [0.25, 0.3) is 0 Å². The molecule has 0 aliphatic carbocycles. The molecule has 0 atom stereocenters. The fourth-order valence-corrected chi connectivity index (χ4v) is 4.85. The number of ether oxygens (including phenoxy) is 2. The summed E-state index contributed by atoms with van der Waals surface area (Å²) in [4.78, 5) is 9.88. The minimum Gasteiger partial charge on any atom is -0.493 e. The summed E-state index contributed by atoms with van der Waals surface area (Å²) in [6.07, 6.45) is 0. The van der Waals surface area contributed by atoms with Gasteiger partial charge >= 0.3 is 0 Å². The summed E-state index contributed by atoms with van der Waals surface area (Å²) in [6.45, 7) is 9.47.